The third kappa shape index (κ3) is 4.24. The third-order valence-electron chi connectivity index (χ3n) is 6.03. The van der Waals surface area contributed by atoms with Gasteiger partial charge in [0.1, 0.15) is 5.60 Å². The molecule has 0 aromatic heterocycles. The van der Waals surface area contributed by atoms with Crippen LogP contribution in [0.3, 0.4) is 0 Å². The van der Waals surface area contributed by atoms with Crippen molar-refractivity contribution in [1.82, 2.24) is 0 Å². The molecule has 0 bridgehead atoms. The highest BCUT2D eigenvalue weighted by Gasteiger charge is 2.42. The molecule has 1 aliphatic rings. The molecule has 1 saturated heterocycles. The molecule has 0 N–H and O–H groups in total. The summed E-state index contributed by atoms with van der Waals surface area (Å²) in [6.07, 6.45) is 1.56. The summed E-state index contributed by atoms with van der Waals surface area (Å²) in [5.41, 5.74) is 2.26. The molecule has 0 aliphatic carbocycles. The van der Waals surface area contributed by atoms with Gasteiger partial charge >= 0.3 is 5.97 Å². The van der Waals surface area contributed by atoms with E-state index in [1.165, 1.54) is 7.11 Å². The molecule has 3 aromatic carbocycles. The average Bonchev–Trinajstić information content (AvgIpc) is 3.29. The molecule has 4 rings (SSSR count). The van der Waals surface area contributed by atoms with Crippen molar-refractivity contribution < 1.29 is 19.0 Å². The maximum atomic E-state index is 12.2. The SMILES string of the molecule is C=C[C@H]1O[C@@H](COC(c2ccccc2)(c2ccccc2)c2ccccc2)C[C@@H]1C(=O)OC. The smallest absolute Gasteiger partial charge is 0.311 e. The Morgan fingerprint density at radius 3 is 1.81 bits per heavy atom. The van der Waals surface area contributed by atoms with Crippen LogP contribution < -0.4 is 0 Å². The van der Waals surface area contributed by atoms with Gasteiger partial charge in [-0.15, -0.1) is 6.58 Å². The zero-order chi connectivity index (χ0) is 22.4. The standard InChI is InChI=1S/C28H28O4/c1-3-26-25(27(29)30-2)19-24(32-26)20-31-28(21-13-7-4-8-14-21,22-15-9-5-10-16-22)23-17-11-6-12-18-23/h3-18,24-26H,1,19-20H2,2H3/t24-,25+,26-/m1/s1. The van der Waals surface area contributed by atoms with Gasteiger partial charge in [0.05, 0.1) is 31.8 Å². The maximum Gasteiger partial charge on any atom is 0.311 e. The number of methoxy groups -OCH3 is 1. The molecule has 0 spiro atoms. The predicted octanol–water partition coefficient (Wildman–Crippen LogP) is 5.13. The van der Waals surface area contributed by atoms with Crippen molar-refractivity contribution in [1.29, 1.82) is 0 Å². The second-order valence-corrected chi connectivity index (χ2v) is 7.91. The van der Waals surface area contributed by atoms with Crippen LogP contribution in [0.4, 0.5) is 0 Å². The zero-order valence-corrected chi connectivity index (χ0v) is 18.2. The first-order valence-corrected chi connectivity index (χ1v) is 10.9. The quantitative estimate of drug-likeness (QED) is 0.284. The van der Waals surface area contributed by atoms with Crippen LogP contribution >= 0.6 is 0 Å². The maximum absolute atomic E-state index is 12.2. The lowest BCUT2D eigenvalue weighted by Crippen LogP contribution is -2.35. The van der Waals surface area contributed by atoms with Crippen molar-refractivity contribution >= 4 is 5.97 Å². The van der Waals surface area contributed by atoms with E-state index in [-0.39, 0.29) is 24.1 Å². The summed E-state index contributed by atoms with van der Waals surface area (Å²) >= 11 is 0. The minimum Gasteiger partial charge on any atom is -0.469 e. The van der Waals surface area contributed by atoms with Gasteiger partial charge in [-0.25, -0.2) is 0 Å². The van der Waals surface area contributed by atoms with Crippen LogP contribution in [0.15, 0.2) is 104 Å². The van der Waals surface area contributed by atoms with Crippen LogP contribution in [0.5, 0.6) is 0 Å². The Bertz CT molecular complexity index is 920. The third-order valence-corrected chi connectivity index (χ3v) is 6.03. The van der Waals surface area contributed by atoms with Gasteiger partial charge in [-0.1, -0.05) is 97.1 Å². The summed E-state index contributed by atoms with van der Waals surface area (Å²) < 4.78 is 17.9. The first-order chi connectivity index (χ1) is 15.7. The first kappa shape index (κ1) is 22.0. The van der Waals surface area contributed by atoms with E-state index in [0.717, 1.165) is 16.7 Å². The predicted molar refractivity (Wildman–Crippen MR) is 124 cm³/mol. The van der Waals surface area contributed by atoms with E-state index >= 15 is 0 Å². The van der Waals surface area contributed by atoms with Crippen LogP contribution in [0, 0.1) is 5.92 Å². The Hall–Kier alpha value is -3.21. The molecule has 1 heterocycles. The summed E-state index contributed by atoms with van der Waals surface area (Å²) in [4.78, 5) is 12.2. The molecular formula is C28H28O4. The Morgan fingerprint density at radius 1 is 0.938 bits per heavy atom. The molecular weight excluding hydrogens is 400 g/mol. The molecule has 4 heteroatoms. The number of carbonyl (C=O) groups is 1. The topological polar surface area (TPSA) is 44.8 Å². The second-order valence-electron chi connectivity index (χ2n) is 7.91. The van der Waals surface area contributed by atoms with Crippen molar-refractivity contribution in [2.24, 2.45) is 5.92 Å². The van der Waals surface area contributed by atoms with E-state index in [0.29, 0.717) is 13.0 Å². The highest BCUT2D eigenvalue weighted by molar-refractivity contribution is 5.73. The van der Waals surface area contributed by atoms with Crippen molar-refractivity contribution in [2.45, 2.75) is 24.2 Å². The number of carbonyl (C=O) groups excluding carboxylic acids is 1. The van der Waals surface area contributed by atoms with Crippen LogP contribution in [-0.4, -0.2) is 31.9 Å². The summed E-state index contributed by atoms with van der Waals surface area (Å²) in [7, 11) is 1.40. The Kier molecular flexibility index (Phi) is 6.84. The average molecular weight is 429 g/mol. The second kappa shape index (κ2) is 9.94. The van der Waals surface area contributed by atoms with Crippen LogP contribution in [0.2, 0.25) is 0 Å². The molecule has 0 unspecified atom stereocenters. The largest absolute Gasteiger partial charge is 0.469 e. The van der Waals surface area contributed by atoms with Crippen molar-refractivity contribution in [3.05, 3.63) is 120 Å². The first-order valence-electron chi connectivity index (χ1n) is 10.9. The Balaban J connectivity index is 1.72. The molecule has 3 atom stereocenters. The molecule has 4 nitrogen and oxygen atoms in total. The fraction of sp³-hybridized carbons (Fsp3) is 0.250. The van der Waals surface area contributed by atoms with Crippen molar-refractivity contribution in [3.63, 3.8) is 0 Å². The normalized spacial score (nSPS) is 20.6. The van der Waals surface area contributed by atoms with E-state index in [1.54, 1.807) is 6.08 Å². The van der Waals surface area contributed by atoms with Gasteiger partial charge in [0.2, 0.25) is 0 Å². The minimum absolute atomic E-state index is 0.252. The summed E-state index contributed by atoms with van der Waals surface area (Å²) in [5.74, 6) is -0.650. The van der Waals surface area contributed by atoms with E-state index < -0.39 is 5.60 Å². The number of benzene rings is 3. The number of hydrogen-bond acceptors (Lipinski definition) is 4. The van der Waals surface area contributed by atoms with Gasteiger partial charge in [0.25, 0.3) is 0 Å². The fourth-order valence-corrected chi connectivity index (χ4v) is 4.49. The Morgan fingerprint density at radius 2 is 1.41 bits per heavy atom. The summed E-state index contributed by atoms with van der Waals surface area (Å²) in [5, 5.41) is 0. The highest BCUT2D eigenvalue weighted by atomic mass is 16.6. The lowest BCUT2D eigenvalue weighted by molar-refractivity contribution is -0.146. The van der Waals surface area contributed by atoms with Gasteiger partial charge in [-0.05, 0) is 23.1 Å². The van der Waals surface area contributed by atoms with Gasteiger partial charge in [-0.2, -0.15) is 0 Å². The monoisotopic (exact) mass is 428 g/mol. The van der Waals surface area contributed by atoms with Crippen molar-refractivity contribution in [2.75, 3.05) is 13.7 Å². The lowest BCUT2D eigenvalue weighted by Gasteiger charge is -2.36. The van der Waals surface area contributed by atoms with Crippen molar-refractivity contribution in [3.8, 4) is 0 Å². The molecule has 164 valence electrons. The minimum atomic E-state index is -0.819. The lowest BCUT2D eigenvalue weighted by atomic mass is 9.80. The van der Waals surface area contributed by atoms with E-state index in [2.05, 4.69) is 43.0 Å². The highest BCUT2D eigenvalue weighted by Crippen LogP contribution is 2.41. The zero-order valence-electron chi connectivity index (χ0n) is 18.2. The number of ether oxygens (including phenoxy) is 3. The van der Waals surface area contributed by atoms with E-state index in [9.17, 15) is 4.79 Å². The van der Waals surface area contributed by atoms with Gasteiger partial charge in [0, 0.05) is 0 Å². The number of hydrogen-bond donors (Lipinski definition) is 0. The fourth-order valence-electron chi connectivity index (χ4n) is 4.49. The van der Waals surface area contributed by atoms with E-state index in [1.807, 2.05) is 54.6 Å². The molecule has 0 amide bonds. The van der Waals surface area contributed by atoms with Crippen LogP contribution in [-0.2, 0) is 24.6 Å². The molecule has 32 heavy (non-hydrogen) atoms. The van der Waals surface area contributed by atoms with Crippen LogP contribution in [0.1, 0.15) is 23.1 Å². The molecule has 1 aliphatic heterocycles. The van der Waals surface area contributed by atoms with Gasteiger partial charge in [-0.3, -0.25) is 4.79 Å². The number of esters is 1. The molecule has 3 aromatic rings. The Labute approximate surface area is 189 Å². The summed E-state index contributed by atoms with van der Waals surface area (Å²) in [6.45, 7) is 4.14. The molecule has 0 saturated carbocycles. The molecule has 1 fully saturated rings. The van der Waals surface area contributed by atoms with Gasteiger partial charge < -0.3 is 14.2 Å². The van der Waals surface area contributed by atoms with Crippen LogP contribution in [0.25, 0.3) is 0 Å². The van der Waals surface area contributed by atoms with E-state index in [4.69, 9.17) is 14.2 Å². The number of rotatable bonds is 8. The summed E-state index contributed by atoms with van der Waals surface area (Å²) in [6, 6.07) is 30.6. The van der Waals surface area contributed by atoms with Gasteiger partial charge in [0.15, 0.2) is 0 Å². The molecule has 0 radical (unpaired) electrons.